The second kappa shape index (κ2) is 4.10. The number of H-pyrrole nitrogens is 1. The van der Waals surface area contributed by atoms with Crippen molar-refractivity contribution in [3.05, 3.63) is 38.7 Å². The van der Waals surface area contributed by atoms with Crippen LogP contribution in [-0.4, -0.2) is 16.2 Å². The van der Waals surface area contributed by atoms with Crippen molar-refractivity contribution in [3.8, 4) is 5.75 Å². The molecular formula is C13H9NO4S. The molecule has 2 heterocycles. The lowest BCUT2D eigenvalue weighted by molar-refractivity contribution is 0.145. The first-order valence-electron chi connectivity index (χ1n) is 5.51. The molecule has 3 aromatic rings. The third kappa shape index (κ3) is 1.77. The number of rotatable bonds is 1. The Morgan fingerprint density at radius 1 is 1.32 bits per heavy atom. The maximum absolute atomic E-state index is 12.3. The van der Waals surface area contributed by atoms with Crippen LogP contribution < -0.4 is 10.2 Å². The van der Waals surface area contributed by atoms with Crippen LogP contribution in [0, 0.1) is 6.92 Å². The molecule has 2 N–H and O–H groups in total. The van der Waals surface area contributed by atoms with Gasteiger partial charge in [-0.05, 0) is 19.1 Å². The van der Waals surface area contributed by atoms with Gasteiger partial charge in [0.1, 0.15) is 0 Å². The maximum Gasteiger partial charge on any atom is 0.511 e. The number of aryl methyl sites for hydroxylation is 1. The molecule has 2 aromatic heterocycles. The molecular weight excluding hydrogens is 266 g/mol. The van der Waals surface area contributed by atoms with Crippen LogP contribution in [0.25, 0.3) is 21.8 Å². The minimum atomic E-state index is -1.41. The third-order valence-electron chi connectivity index (χ3n) is 2.94. The van der Waals surface area contributed by atoms with Crippen molar-refractivity contribution in [2.45, 2.75) is 6.92 Å². The van der Waals surface area contributed by atoms with Crippen LogP contribution in [0.1, 0.15) is 4.88 Å². The number of para-hydroxylation sites is 1. The van der Waals surface area contributed by atoms with E-state index in [4.69, 9.17) is 9.84 Å². The summed E-state index contributed by atoms with van der Waals surface area (Å²) in [6.45, 7) is 1.90. The molecule has 0 bridgehead atoms. The zero-order valence-electron chi connectivity index (χ0n) is 9.89. The minimum Gasteiger partial charge on any atom is -0.449 e. The number of pyridine rings is 1. The molecule has 6 heteroatoms. The van der Waals surface area contributed by atoms with Gasteiger partial charge in [-0.25, -0.2) is 4.79 Å². The van der Waals surface area contributed by atoms with Crippen LogP contribution in [-0.2, 0) is 0 Å². The number of thiophene rings is 1. The van der Waals surface area contributed by atoms with Gasteiger partial charge < -0.3 is 14.8 Å². The van der Waals surface area contributed by atoms with E-state index < -0.39 is 6.16 Å². The molecule has 0 radical (unpaired) electrons. The van der Waals surface area contributed by atoms with Gasteiger partial charge in [-0.2, -0.15) is 0 Å². The number of hydrogen-bond acceptors (Lipinski definition) is 4. The number of fused-ring (bicyclic) bond motifs is 2. The SMILES string of the molecule is Cc1scc2c(=O)c3cccc(OC(=O)O)c3[nH]c12. The van der Waals surface area contributed by atoms with Gasteiger partial charge >= 0.3 is 6.16 Å². The van der Waals surface area contributed by atoms with Crippen LogP contribution in [0.15, 0.2) is 28.4 Å². The molecule has 19 heavy (non-hydrogen) atoms. The lowest BCUT2D eigenvalue weighted by Crippen LogP contribution is -2.07. The zero-order valence-corrected chi connectivity index (χ0v) is 10.7. The van der Waals surface area contributed by atoms with Gasteiger partial charge in [0, 0.05) is 15.6 Å². The Morgan fingerprint density at radius 3 is 2.84 bits per heavy atom. The van der Waals surface area contributed by atoms with Crippen LogP contribution in [0.3, 0.4) is 0 Å². The van der Waals surface area contributed by atoms with Crippen molar-refractivity contribution < 1.29 is 14.6 Å². The molecule has 0 aliphatic heterocycles. The van der Waals surface area contributed by atoms with Gasteiger partial charge in [0.2, 0.25) is 0 Å². The van der Waals surface area contributed by atoms with E-state index in [-0.39, 0.29) is 11.2 Å². The summed E-state index contributed by atoms with van der Waals surface area (Å²) in [6, 6.07) is 4.76. The predicted molar refractivity (Wildman–Crippen MR) is 73.3 cm³/mol. The van der Waals surface area contributed by atoms with Crippen LogP contribution in [0.4, 0.5) is 4.79 Å². The lowest BCUT2D eigenvalue weighted by atomic mass is 10.1. The average molecular weight is 275 g/mol. The molecule has 5 nitrogen and oxygen atoms in total. The van der Waals surface area contributed by atoms with Crippen molar-refractivity contribution in [2.24, 2.45) is 0 Å². The topological polar surface area (TPSA) is 79.4 Å². The number of ether oxygens (including phenoxy) is 1. The van der Waals surface area contributed by atoms with E-state index in [1.54, 1.807) is 17.5 Å². The Bertz CT molecular complexity index is 862. The van der Waals surface area contributed by atoms with Gasteiger partial charge in [-0.3, -0.25) is 4.79 Å². The summed E-state index contributed by atoms with van der Waals surface area (Å²) in [5.41, 5.74) is 1.01. The lowest BCUT2D eigenvalue weighted by Gasteiger charge is -2.05. The third-order valence-corrected chi connectivity index (χ3v) is 3.85. The van der Waals surface area contributed by atoms with Gasteiger partial charge in [0.25, 0.3) is 0 Å². The fourth-order valence-electron chi connectivity index (χ4n) is 2.08. The Balaban J connectivity index is 2.45. The van der Waals surface area contributed by atoms with Crippen molar-refractivity contribution in [1.82, 2.24) is 4.98 Å². The highest BCUT2D eigenvalue weighted by molar-refractivity contribution is 7.11. The molecule has 0 saturated carbocycles. The smallest absolute Gasteiger partial charge is 0.449 e. The Kier molecular flexibility index (Phi) is 2.53. The summed E-state index contributed by atoms with van der Waals surface area (Å²) < 4.78 is 4.70. The molecule has 96 valence electrons. The molecule has 0 aliphatic rings. The molecule has 3 rings (SSSR count). The van der Waals surface area contributed by atoms with Gasteiger partial charge in [-0.15, -0.1) is 11.3 Å². The number of hydrogen-bond donors (Lipinski definition) is 2. The number of carbonyl (C=O) groups is 1. The predicted octanol–water partition coefficient (Wildman–Crippen LogP) is 3.11. The molecule has 1 aromatic carbocycles. The summed E-state index contributed by atoms with van der Waals surface area (Å²) in [5, 5.41) is 11.5. The second-order valence-electron chi connectivity index (χ2n) is 4.08. The fraction of sp³-hybridized carbons (Fsp3) is 0.0769. The number of nitrogens with one attached hydrogen (secondary N) is 1. The molecule has 0 unspecified atom stereocenters. The van der Waals surface area contributed by atoms with E-state index in [1.165, 1.54) is 17.4 Å². The minimum absolute atomic E-state index is 0.121. The Morgan fingerprint density at radius 2 is 2.11 bits per heavy atom. The van der Waals surface area contributed by atoms with E-state index in [0.29, 0.717) is 16.3 Å². The Labute approximate surface area is 111 Å². The van der Waals surface area contributed by atoms with Gasteiger partial charge in [0.15, 0.2) is 11.2 Å². The standard InChI is InChI=1S/C13H9NO4S/c1-6-10-8(5-19-6)12(15)7-3-2-4-9(11(7)14-10)18-13(16)17/h2-5,14H,1H3,(H,16,17). The largest absolute Gasteiger partial charge is 0.511 e. The summed E-state index contributed by atoms with van der Waals surface area (Å²) in [6.07, 6.45) is -1.41. The van der Waals surface area contributed by atoms with Crippen LogP contribution >= 0.6 is 11.3 Å². The Hall–Kier alpha value is -2.34. The van der Waals surface area contributed by atoms with Gasteiger partial charge in [0.05, 0.1) is 16.4 Å². The molecule has 0 fully saturated rings. The molecule has 0 aliphatic carbocycles. The van der Waals surface area contributed by atoms with E-state index in [1.807, 2.05) is 6.92 Å². The number of aromatic amines is 1. The quantitative estimate of drug-likeness (QED) is 0.528. The molecule has 0 spiro atoms. The molecule has 0 atom stereocenters. The second-order valence-corrected chi connectivity index (χ2v) is 5.17. The fourth-order valence-corrected chi connectivity index (χ4v) is 2.87. The molecule has 0 saturated heterocycles. The first-order chi connectivity index (χ1) is 9.08. The molecule has 0 amide bonds. The van der Waals surface area contributed by atoms with Crippen molar-refractivity contribution in [2.75, 3.05) is 0 Å². The number of carboxylic acid groups (broad SMARTS) is 1. The highest BCUT2D eigenvalue weighted by atomic mass is 32.1. The first-order valence-corrected chi connectivity index (χ1v) is 6.39. The van der Waals surface area contributed by atoms with E-state index in [2.05, 4.69) is 4.98 Å². The highest BCUT2D eigenvalue weighted by Crippen LogP contribution is 2.27. The van der Waals surface area contributed by atoms with Gasteiger partial charge in [-0.1, -0.05) is 6.07 Å². The van der Waals surface area contributed by atoms with Crippen molar-refractivity contribution in [3.63, 3.8) is 0 Å². The monoisotopic (exact) mass is 275 g/mol. The van der Waals surface area contributed by atoms with E-state index in [9.17, 15) is 9.59 Å². The summed E-state index contributed by atoms with van der Waals surface area (Å²) in [4.78, 5) is 27.1. The van der Waals surface area contributed by atoms with E-state index in [0.717, 1.165) is 10.4 Å². The number of benzene rings is 1. The zero-order chi connectivity index (χ0) is 13.6. The van der Waals surface area contributed by atoms with Crippen molar-refractivity contribution >= 4 is 39.3 Å². The number of aromatic nitrogens is 1. The maximum atomic E-state index is 12.3. The normalized spacial score (nSPS) is 11.0. The highest BCUT2D eigenvalue weighted by Gasteiger charge is 2.13. The summed E-state index contributed by atoms with van der Waals surface area (Å²) >= 11 is 1.47. The van der Waals surface area contributed by atoms with Crippen molar-refractivity contribution in [1.29, 1.82) is 0 Å². The summed E-state index contributed by atoms with van der Waals surface area (Å²) in [5.74, 6) is 0.134. The first kappa shape index (κ1) is 11.7. The average Bonchev–Trinajstić information content (AvgIpc) is 2.72. The van der Waals surface area contributed by atoms with Crippen LogP contribution in [0.5, 0.6) is 5.75 Å². The van der Waals surface area contributed by atoms with Crippen LogP contribution in [0.2, 0.25) is 0 Å². The van der Waals surface area contributed by atoms with E-state index >= 15 is 0 Å². The summed E-state index contributed by atoms with van der Waals surface area (Å²) in [7, 11) is 0.